The lowest BCUT2D eigenvalue weighted by Crippen LogP contribution is -2.39. The van der Waals surface area contributed by atoms with Crippen LogP contribution in [-0.2, 0) is 0 Å². The Morgan fingerprint density at radius 3 is 2.24 bits per heavy atom. The van der Waals surface area contributed by atoms with E-state index in [4.69, 9.17) is 23.2 Å². The van der Waals surface area contributed by atoms with Gasteiger partial charge in [0, 0.05) is 16.7 Å². The molecule has 0 heterocycles. The third-order valence-corrected chi connectivity index (χ3v) is 5.65. The summed E-state index contributed by atoms with van der Waals surface area (Å²) in [5.74, 6) is 1.47. The van der Waals surface area contributed by atoms with Crippen molar-refractivity contribution in [2.75, 3.05) is 0 Å². The Hall–Kier alpha value is 0.540. The second-order valence-electron chi connectivity index (χ2n) is 6.10. The van der Waals surface area contributed by atoms with Gasteiger partial charge in [-0.15, -0.1) is 23.2 Å². The van der Waals surface area contributed by atoms with Crippen molar-refractivity contribution in [1.82, 2.24) is 0 Å². The first-order valence-corrected chi connectivity index (χ1v) is 7.91. The minimum Gasteiger partial charge on any atom is -0.392 e. The minimum absolute atomic E-state index is 0.169. The number of halogens is 2. The van der Waals surface area contributed by atoms with Gasteiger partial charge in [-0.3, -0.25) is 0 Å². The van der Waals surface area contributed by atoms with Crippen molar-refractivity contribution in [3.05, 3.63) is 0 Å². The molecule has 0 bridgehead atoms. The second-order valence-corrected chi connectivity index (χ2v) is 7.28. The Kier molecular flexibility index (Phi) is 5.03. The van der Waals surface area contributed by atoms with Crippen molar-refractivity contribution in [3.63, 3.8) is 0 Å². The van der Waals surface area contributed by atoms with E-state index in [0.717, 1.165) is 44.4 Å². The fourth-order valence-electron chi connectivity index (χ4n) is 3.49. The van der Waals surface area contributed by atoms with Crippen LogP contribution in [0.5, 0.6) is 0 Å². The van der Waals surface area contributed by atoms with E-state index >= 15 is 0 Å². The molecule has 2 aliphatic rings. The Morgan fingerprint density at radius 1 is 1.00 bits per heavy atom. The number of aliphatic hydroxyl groups excluding tert-OH is 1. The van der Waals surface area contributed by atoms with E-state index in [1.54, 1.807) is 0 Å². The van der Waals surface area contributed by atoms with Gasteiger partial charge >= 0.3 is 0 Å². The van der Waals surface area contributed by atoms with Crippen LogP contribution in [-0.4, -0.2) is 22.0 Å². The average Bonchev–Trinajstić information content (AvgIpc) is 2.29. The van der Waals surface area contributed by atoms with Gasteiger partial charge in [0.05, 0.1) is 6.10 Å². The molecular formula is C14H24Cl2O. The molecule has 0 amide bonds. The summed E-state index contributed by atoms with van der Waals surface area (Å²) in [6, 6.07) is 0. The molecular weight excluding hydrogens is 255 g/mol. The molecule has 0 aliphatic heterocycles. The summed E-state index contributed by atoms with van der Waals surface area (Å²) < 4.78 is 0. The lowest BCUT2D eigenvalue weighted by molar-refractivity contribution is 0.0158. The Bertz CT molecular complexity index is 238. The third kappa shape index (κ3) is 3.52. The zero-order chi connectivity index (χ0) is 12.4. The monoisotopic (exact) mass is 278 g/mol. The van der Waals surface area contributed by atoms with Gasteiger partial charge in [-0.1, -0.05) is 13.3 Å². The number of rotatable bonds is 2. The predicted molar refractivity (Wildman–Crippen MR) is 73.8 cm³/mol. The number of alkyl halides is 2. The maximum absolute atomic E-state index is 10.5. The molecule has 0 aromatic carbocycles. The Morgan fingerprint density at radius 2 is 1.65 bits per heavy atom. The average molecular weight is 279 g/mol. The molecule has 4 unspecified atom stereocenters. The van der Waals surface area contributed by atoms with Crippen molar-refractivity contribution >= 4 is 23.2 Å². The number of aliphatic hydroxyl groups is 1. The normalized spacial score (nSPS) is 45.5. The van der Waals surface area contributed by atoms with Crippen LogP contribution in [0, 0.1) is 17.8 Å². The quantitative estimate of drug-likeness (QED) is 0.751. The van der Waals surface area contributed by atoms with Crippen LogP contribution in [0.3, 0.4) is 0 Å². The second kappa shape index (κ2) is 6.12. The highest BCUT2D eigenvalue weighted by Gasteiger charge is 2.37. The highest BCUT2D eigenvalue weighted by Crippen LogP contribution is 2.40. The smallest absolute Gasteiger partial charge is 0.0610 e. The first-order chi connectivity index (χ1) is 8.08. The lowest BCUT2D eigenvalue weighted by atomic mass is 9.73. The van der Waals surface area contributed by atoms with Crippen LogP contribution in [0.1, 0.15) is 51.9 Å². The van der Waals surface area contributed by atoms with E-state index < -0.39 is 0 Å². The van der Waals surface area contributed by atoms with Crippen molar-refractivity contribution in [3.8, 4) is 0 Å². The van der Waals surface area contributed by atoms with Crippen LogP contribution in [0.25, 0.3) is 0 Å². The molecule has 0 spiro atoms. The van der Waals surface area contributed by atoms with Crippen LogP contribution < -0.4 is 0 Å². The summed E-state index contributed by atoms with van der Waals surface area (Å²) in [4.78, 5) is 0. The van der Waals surface area contributed by atoms with E-state index in [1.807, 2.05) is 0 Å². The van der Waals surface area contributed by atoms with Crippen LogP contribution >= 0.6 is 23.2 Å². The van der Waals surface area contributed by atoms with Gasteiger partial charge in [0.15, 0.2) is 0 Å². The lowest BCUT2D eigenvalue weighted by Gasteiger charge is -2.39. The summed E-state index contributed by atoms with van der Waals surface area (Å²) in [7, 11) is 0. The molecule has 100 valence electrons. The molecule has 1 nitrogen and oxygen atoms in total. The SMILES string of the molecule is CC1CCC(C(O)C2CCC(Cl)CC2)C(Cl)C1. The van der Waals surface area contributed by atoms with Gasteiger partial charge < -0.3 is 5.11 Å². The molecule has 0 aromatic rings. The van der Waals surface area contributed by atoms with Crippen LogP contribution in [0.15, 0.2) is 0 Å². The summed E-state index contributed by atoms with van der Waals surface area (Å²) in [5.41, 5.74) is 0. The summed E-state index contributed by atoms with van der Waals surface area (Å²) >= 11 is 12.5. The van der Waals surface area contributed by atoms with E-state index in [0.29, 0.717) is 17.2 Å². The Balaban J connectivity index is 1.88. The molecule has 4 atom stereocenters. The molecule has 2 rings (SSSR count). The number of hydrogen-bond donors (Lipinski definition) is 1. The predicted octanol–water partition coefficient (Wildman–Crippen LogP) is 4.19. The maximum atomic E-state index is 10.5. The Labute approximate surface area is 115 Å². The molecule has 2 aliphatic carbocycles. The molecule has 3 heteroatoms. The standard InChI is InChI=1S/C14H24Cl2O/c1-9-2-7-12(13(16)8-9)14(17)10-3-5-11(15)6-4-10/h9-14,17H,2-8H2,1H3. The molecule has 0 radical (unpaired) electrons. The van der Waals surface area contributed by atoms with Gasteiger partial charge in [0.25, 0.3) is 0 Å². The highest BCUT2D eigenvalue weighted by atomic mass is 35.5. The largest absolute Gasteiger partial charge is 0.392 e. The maximum Gasteiger partial charge on any atom is 0.0610 e. The molecule has 0 aromatic heterocycles. The fraction of sp³-hybridized carbons (Fsp3) is 1.00. The van der Waals surface area contributed by atoms with Gasteiger partial charge in [0.1, 0.15) is 0 Å². The number of hydrogen-bond acceptors (Lipinski definition) is 1. The van der Waals surface area contributed by atoms with Gasteiger partial charge in [0.2, 0.25) is 0 Å². The fourth-order valence-corrected chi connectivity index (χ4v) is 4.32. The van der Waals surface area contributed by atoms with Crippen molar-refractivity contribution in [1.29, 1.82) is 0 Å². The van der Waals surface area contributed by atoms with Gasteiger partial charge in [-0.05, 0) is 50.4 Å². The van der Waals surface area contributed by atoms with Gasteiger partial charge in [-0.25, -0.2) is 0 Å². The molecule has 1 N–H and O–H groups in total. The molecule has 2 saturated carbocycles. The highest BCUT2D eigenvalue weighted by molar-refractivity contribution is 6.21. The molecule has 0 saturated heterocycles. The first-order valence-electron chi connectivity index (χ1n) is 7.04. The zero-order valence-electron chi connectivity index (χ0n) is 10.6. The van der Waals surface area contributed by atoms with E-state index in [2.05, 4.69) is 6.92 Å². The molecule has 17 heavy (non-hydrogen) atoms. The van der Waals surface area contributed by atoms with E-state index in [1.165, 1.54) is 6.42 Å². The minimum atomic E-state index is -0.200. The van der Waals surface area contributed by atoms with E-state index in [-0.39, 0.29) is 11.5 Å². The summed E-state index contributed by atoms with van der Waals surface area (Å²) in [6.07, 6.45) is 7.44. The zero-order valence-corrected chi connectivity index (χ0v) is 12.1. The van der Waals surface area contributed by atoms with Crippen LogP contribution in [0.2, 0.25) is 0 Å². The van der Waals surface area contributed by atoms with Crippen molar-refractivity contribution in [2.45, 2.75) is 68.7 Å². The van der Waals surface area contributed by atoms with Crippen molar-refractivity contribution < 1.29 is 5.11 Å². The first kappa shape index (κ1) is 14.0. The summed E-state index contributed by atoms with van der Waals surface area (Å²) in [6.45, 7) is 2.26. The van der Waals surface area contributed by atoms with E-state index in [9.17, 15) is 5.11 Å². The van der Waals surface area contributed by atoms with Gasteiger partial charge in [-0.2, -0.15) is 0 Å². The topological polar surface area (TPSA) is 20.2 Å². The van der Waals surface area contributed by atoms with Crippen molar-refractivity contribution in [2.24, 2.45) is 17.8 Å². The van der Waals surface area contributed by atoms with Crippen LogP contribution in [0.4, 0.5) is 0 Å². The molecule has 2 fully saturated rings. The summed E-state index contributed by atoms with van der Waals surface area (Å²) in [5, 5.41) is 11.0. The third-order valence-electron chi connectivity index (χ3n) is 4.71.